The average Bonchev–Trinajstić information content (AvgIpc) is 3.02. The molecule has 0 spiro atoms. The van der Waals surface area contributed by atoms with E-state index in [4.69, 9.17) is 5.73 Å². The highest BCUT2D eigenvalue weighted by molar-refractivity contribution is 7.17. The predicted molar refractivity (Wildman–Crippen MR) is 89.0 cm³/mol. The van der Waals surface area contributed by atoms with E-state index < -0.39 is 6.04 Å². The van der Waals surface area contributed by atoms with Gasteiger partial charge in [-0.1, -0.05) is 13.8 Å². The summed E-state index contributed by atoms with van der Waals surface area (Å²) in [4.78, 5) is 25.1. The first kappa shape index (κ1) is 15.2. The maximum absolute atomic E-state index is 12.3. The van der Waals surface area contributed by atoms with E-state index in [2.05, 4.69) is 14.9 Å². The summed E-state index contributed by atoms with van der Waals surface area (Å²) in [7, 11) is 0. The zero-order valence-corrected chi connectivity index (χ0v) is 13.7. The Morgan fingerprint density at radius 1 is 1.27 bits per heavy atom. The number of hydrogen-bond donors (Lipinski definition) is 1. The van der Waals surface area contributed by atoms with Gasteiger partial charge in [-0.05, 0) is 17.4 Å². The molecule has 0 radical (unpaired) electrons. The number of nitrogens with two attached hydrogens (primary N) is 1. The van der Waals surface area contributed by atoms with Crippen molar-refractivity contribution in [2.75, 3.05) is 31.1 Å². The lowest BCUT2D eigenvalue weighted by Crippen LogP contribution is -2.54. The van der Waals surface area contributed by atoms with Crippen LogP contribution < -0.4 is 10.6 Å². The van der Waals surface area contributed by atoms with Gasteiger partial charge >= 0.3 is 0 Å². The molecule has 0 aromatic carbocycles. The number of hydrogen-bond acceptors (Lipinski definition) is 6. The van der Waals surface area contributed by atoms with Crippen molar-refractivity contribution >= 4 is 33.3 Å². The van der Waals surface area contributed by atoms with Gasteiger partial charge in [0, 0.05) is 26.2 Å². The zero-order chi connectivity index (χ0) is 15.7. The Hall–Kier alpha value is -1.73. The molecule has 0 saturated carbocycles. The monoisotopic (exact) mass is 319 g/mol. The Balaban J connectivity index is 1.69. The lowest BCUT2D eigenvalue weighted by atomic mass is 10.0. The number of nitrogens with zero attached hydrogens (tertiary/aromatic N) is 4. The normalized spacial score (nSPS) is 17.3. The fraction of sp³-hybridized carbons (Fsp3) is 0.533. The second kappa shape index (κ2) is 6.18. The molecule has 118 valence electrons. The highest BCUT2D eigenvalue weighted by Gasteiger charge is 2.27. The lowest BCUT2D eigenvalue weighted by Gasteiger charge is -2.37. The van der Waals surface area contributed by atoms with E-state index in [1.165, 1.54) is 0 Å². The van der Waals surface area contributed by atoms with Crippen LogP contribution in [0.1, 0.15) is 13.8 Å². The van der Waals surface area contributed by atoms with Crippen LogP contribution in [0.3, 0.4) is 0 Å². The van der Waals surface area contributed by atoms with Crippen LogP contribution in [0.2, 0.25) is 0 Å². The first-order chi connectivity index (χ1) is 10.6. The van der Waals surface area contributed by atoms with Gasteiger partial charge < -0.3 is 15.5 Å². The van der Waals surface area contributed by atoms with Gasteiger partial charge in [0.15, 0.2) is 0 Å². The minimum Gasteiger partial charge on any atom is -0.352 e. The van der Waals surface area contributed by atoms with Crippen LogP contribution in [-0.4, -0.2) is 53.0 Å². The van der Waals surface area contributed by atoms with E-state index >= 15 is 0 Å². The number of carbonyl (C=O) groups is 1. The summed E-state index contributed by atoms with van der Waals surface area (Å²) < 4.78 is 1.11. The Bertz CT molecular complexity index is 663. The van der Waals surface area contributed by atoms with Crippen molar-refractivity contribution in [3.05, 3.63) is 17.8 Å². The van der Waals surface area contributed by atoms with Crippen LogP contribution in [0.15, 0.2) is 17.8 Å². The highest BCUT2D eigenvalue weighted by Crippen LogP contribution is 2.28. The number of aromatic nitrogens is 2. The smallest absolute Gasteiger partial charge is 0.239 e. The number of thiophene rings is 1. The van der Waals surface area contributed by atoms with Crippen LogP contribution in [0, 0.1) is 5.92 Å². The fourth-order valence-electron chi connectivity index (χ4n) is 2.64. The molecule has 1 fully saturated rings. The van der Waals surface area contributed by atoms with E-state index in [9.17, 15) is 4.79 Å². The van der Waals surface area contributed by atoms with Gasteiger partial charge in [-0.15, -0.1) is 11.3 Å². The van der Waals surface area contributed by atoms with Crippen LogP contribution in [0.25, 0.3) is 10.2 Å². The van der Waals surface area contributed by atoms with Crippen LogP contribution in [0.5, 0.6) is 0 Å². The van der Waals surface area contributed by atoms with Crippen molar-refractivity contribution in [3.63, 3.8) is 0 Å². The topological polar surface area (TPSA) is 75.4 Å². The number of carbonyl (C=O) groups excluding carboxylic acids is 1. The van der Waals surface area contributed by atoms with Crippen LogP contribution in [-0.2, 0) is 4.79 Å². The van der Waals surface area contributed by atoms with Crippen molar-refractivity contribution in [2.24, 2.45) is 11.7 Å². The number of anilines is 1. The second-order valence-electron chi connectivity index (χ2n) is 5.91. The van der Waals surface area contributed by atoms with Gasteiger partial charge in [0.2, 0.25) is 5.91 Å². The molecule has 22 heavy (non-hydrogen) atoms. The molecular weight excluding hydrogens is 298 g/mol. The Morgan fingerprint density at radius 3 is 2.68 bits per heavy atom. The third-order valence-corrected chi connectivity index (χ3v) is 5.02. The molecular formula is C15H21N5OS. The molecule has 1 atom stereocenters. The SMILES string of the molecule is CC(C)[C@H](N)C(=O)N1CCN(c2ncnc3ccsc23)CC1. The van der Waals surface area contributed by atoms with E-state index in [0.717, 1.165) is 29.1 Å². The second-order valence-corrected chi connectivity index (χ2v) is 6.83. The van der Waals surface area contributed by atoms with Crippen molar-refractivity contribution in [2.45, 2.75) is 19.9 Å². The third kappa shape index (κ3) is 2.78. The van der Waals surface area contributed by atoms with E-state index in [1.54, 1.807) is 17.7 Å². The molecule has 0 unspecified atom stereocenters. The number of amides is 1. The number of rotatable bonds is 3. The quantitative estimate of drug-likeness (QED) is 0.923. The molecule has 2 N–H and O–H groups in total. The molecule has 1 amide bonds. The summed E-state index contributed by atoms with van der Waals surface area (Å²) >= 11 is 1.66. The Morgan fingerprint density at radius 2 is 2.00 bits per heavy atom. The summed E-state index contributed by atoms with van der Waals surface area (Å²) in [6.07, 6.45) is 1.61. The summed E-state index contributed by atoms with van der Waals surface area (Å²) in [6, 6.07) is 1.60. The van der Waals surface area contributed by atoms with Gasteiger partial charge in [0.25, 0.3) is 0 Å². The van der Waals surface area contributed by atoms with Crippen LogP contribution >= 0.6 is 11.3 Å². The van der Waals surface area contributed by atoms with Gasteiger partial charge in [0.05, 0.1) is 16.3 Å². The van der Waals surface area contributed by atoms with E-state index in [-0.39, 0.29) is 11.8 Å². The van der Waals surface area contributed by atoms with Gasteiger partial charge in [-0.25, -0.2) is 9.97 Å². The van der Waals surface area contributed by atoms with Crippen molar-refractivity contribution < 1.29 is 4.79 Å². The van der Waals surface area contributed by atoms with Crippen molar-refractivity contribution in [1.29, 1.82) is 0 Å². The molecule has 0 aliphatic carbocycles. The third-order valence-electron chi connectivity index (χ3n) is 4.12. The van der Waals surface area contributed by atoms with Crippen LogP contribution in [0.4, 0.5) is 5.82 Å². The maximum Gasteiger partial charge on any atom is 0.239 e. The minimum absolute atomic E-state index is 0.0543. The highest BCUT2D eigenvalue weighted by atomic mass is 32.1. The first-order valence-electron chi connectivity index (χ1n) is 7.55. The molecule has 3 rings (SSSR count). The van der Waals surface area contributed by atoms with E-state index in [0.29, 0.717) is 13.1 Å². The van der Waals surface area contributed by atoms with Gasteiger partial charge in [-0.3, -0.25) is 4.79 Å². The van der Waals surface area contributed by atoms with Gasteiger partial charge in [-0.2, -0.15) is 0 Å². The first-order valence-corrected chi connectivity index (χ1v) is 8.43. The van der Waals surface area contributed by atoms with E-state index in [1.807, 2.05) is 30.2 Å². The summed E-state index contributed by atoms with van der Waals surface area (Å²) in [5.74, 6) is 1.19. The number of piperazine rings is 1. The predicted octanol–water partition coefficient (Wildman–Crippen LogP) is 1.32. The molecule has 1 aliphatic rings. The molecule has 6 nitrogen and oxygen atoms in total. The lowest BCUT2D eigenvalue weighted by molar-refractivity contribution is -0.133. The number of fused-ring (bicyclic) bond motifs is 1. The Kier molecular flexibility index (Phi) is 4.26. The summed E-state index contributed by atoms with van der Waals surface area (Å²) in [6.45, 7) is 6.90. The molecule has 7 heteroatoms. The molecule has 1 saturated heterocycles. The largest absolute Gasteiger partial charge is 0.352 e. The molecule has 2 aromatic rings. The molecule has 2 aromatic heterocycles. The van der Waals surface area contributed by atoms with Crippen molar-refractivity contribution in [3.8, 4) is 0 Å². The standard InChI is InChI=1S/C15H21N5OS/c1-10(2)12(16)15(21)20-6-4-19(5-7-20)14-13-11(3-8-22-13)17-9-18-14/h3,8-10,12H,4-7,16H2,1-2H3/t12-/m0/s1. The molecule has 0 bridgehead atoms. The summed E-state index contributed by atoms with van der Waals surface area (Å²) in [5.41, 5.74) is 6.96. The zero-order valence-electron chi connectivity index (χ0n) is 12.9. The fourth-order valence-corrected chi connectivity index (χ4v) is 3.50. The molecule has 3 heterocycles. The minimum atomic E-state index is -0.408. The summed E-state index contributed by atoms with van der Waals surface area (Å²) in [5, 5.41) is 2.03. The molecule has 1 aliphatic heterocycles. The van der Waals surface area contributed by atoms with Gasteiger partial charge in [0.1, 0.15) is 12.1 Å². The Labute approximate surface area is 133 Å². The van der Waals surface area contributed by atoms with Crippen molar-refractivity contribution in [1.82, 2.24) is 14.9 Å². The average molecular weight is 319 g/mol. The maximum atomic E-state index is 12.3.